The zero-order chi connectivity index (χ0) is 19.5. The van der Waals surface area contributed by atoms with Crippen LogP contribution in [0.25, 0.3) is 6.08 Å². The van der Waals surface area contributed by atoms with E-state index in [2.05, 4.69) is 11.9 Å². The fourth-order valence-corrected chi connectivity index (χ4v) is 2.88. The van der Waals surface area contributed by atoms with Crippen LogP contribution in [0.3, 0.4) is 0 Å². The van der Waals surface area contributed by atoms with Gasteiger partial charge in [-0.15, -0.1) is 0 Å². The first-order valence-electron chi connectivity index (χ1n) is 8.93. The number of fused-ring (bicyclic) bond motifs is 1. The molecule has 1 aromatic heterocycles. The van der Waals surface area contributed by atoms with Crippen molar-refractivity contribution in [3.8, 4) is 11.5 Å². The number of benzene rings is 2. The van der Waals surface area contributed by atoms with E-state index >= 15 is 0 Å². The highest BCUT2D eigenvalue weighted by atomic mass is 16.5. The minimum atomic E-state index is -0.524. The molecule has 0 N–H and O–H groups in total. The highest BCUT2D eigenvalue weighted by Crippen LogP contribution is 2.35. The predicted octanol–water partition coefficient (Wildman–Crippen LogP) is 4.48. The summed E-state index contributed by atoms with van der Waals surface area (Å²) in [6.45, 7) is 2.09. The number of ketones is 1. The molecule has 0 radical (unpaired) electrons. The lowest BCUT2D eigenvalue weighted by molar-refractivity contribution is 0.0734. The molecule has 5 heteroatoms. The number of aryl methyl sites for hydroxylation is 1. The Morgan fingerprint density at radius 2 is 1.96 bits per heavy atom. The number of esters is 1. The highest BCUT2D eigenvalue weighted by Gasteiger charge is 2.28. The third kappa shape index (κ3) is 3.55. The van der Waals surface area contributed by atoms with Gasteiger partial charge in [-0.2, -0.15) is 0 Å². The minimum Gasteiger partial charge on any atom is -0.452 e. The van der Waals surface area contributed by atoms with Crippen molar-refractivity contribution < 1.29 is 19.1 Å². The van der Waals surface area contributed by atoms with E-state index < -0.39 is 5.97 Å². The SMILES string of the molecule is CCc1ccc(/C=C2\Oc3cc(OC(=O)c4cccnc4)ccc3C2=O)cc1. The Morgan fingerprint density at radius 3 is 2.68 bits per heavy atom. The molecular formula is C23H17NO4. The number of aromatic nitrogens is 1. The van der Waals surface area contributed by atoms with Crippen molar-refractivity contribution >= 4 is 17.8 Å². The Kier molecular flexibility index (Phi) is 4.72. The maximum atomic E-state index is 12.6. The normalized spacial score (nSPS) is 13.9. The van der Waals surface area contributed by atoms with E-state index in [1.54, 1.807) is 42.6 Å². The van der Waals surface area contributed by atoms with Gasteiger partial charge in [0, 0.05) is 18.5 Å². The van der Waals surface area contributed by atoms with Gasteiger partial charge in [0.2, 0.25) is 5.78 Å². The van der Waals surface area contributed by atoms with Crippen LogP contribution in [-0.2, 0) is 6.42 Å². The van der Waals surface area contributed by atoms with Gasteiger partial charge in [0.05, 0.1) is 11.1 Å². The zero-order valence-electron chi connectivity index (χ0n) is 15.2. The summed E-state index contributed by atoms with van der Waals surface area (Å²) in [5, 5.41) is 0. The predicted molar refractivity (Wildman–Crippen MR) is 104 cm³/mol. The van der Waals surface area contributed by atoms with Crippen LogP contribution in [0.2, 0.25) is 0 Å². The van der Waals surface area contributed by atoms with E-state index in [1.165, 1.54) is 11.8 Å². The number of allylic oxidation sites excluding steroid dienone is 1. The number of carbonyl (C=O) groups is 2. The molecule has 138 valence electrons. The van der Waals surface area contributed by atoms with Gasteiger partial charge < -0.3 is 9.47 Å². The number of carbonyl (C=O) groups excluding carboxylic acids is 2. The van der Waals surface area contributed by atoms with Gasteiger partial charge in [-0.3, -0.25) is 9.78 Å². The van der Waals surface area contributed by atoms with E-state index in [4.69, 9.17) is 9.47 Å². The summed E-state index contributed by atoms with van der Waals surface area (Å²) in [4.78, 5) is 28.6. The number of rotatable bonds is 4. The number of hydrogen-bond acceptors (Lipinski definition) is 5. The highest BCUT2D eigenvalue weighted by molar-refractivity contribution is 6.14. The zero-order valence-corrected chi connectivity index (χ0v) is 15.2. The maximum absolute atomic E-state index is 12.6. The van der Waals surface area contributed by atoms with Gasteiger partial charge in [0.15, 0.2) is 5.76 Å². The molecule has 0 unspecified atom stereocenters. The summed E-state index contributed by atoms with van der Waals surface area (Å²) < 4.78 is 11.1. The standard InChI is InChI=1S/C23H17NO4/c1-2-15-5-7-16(8-6-15)12-21-22(25)19-10-9-18(13-20(19)28-21)27-23(26)17-4-3-11-24-14-17/h3-14H,2H2,1H3/b21-12-. The van der Waals surface area contributed by atoms with E-state index in [0.717, 1.165) is 12.0 Å². The lowest BCUT2D eigenvalue weighted by atomic mass is 10.1. The number of nitrogens with zero attached hydrogens (tertiary/aromatic N) is 1. The van der Waals surface area contributed by atoms with Crippen LogP contribution < -0.4 is 9.47 Å². The molecule has 0 fully saturated rings. The van der Waals surface area contributed by atoms with Crippen LogP contribution >= 0.6 is 0 Å². The van der Waals surface area contributed by atoms with Crippen LogP contribution in [0.4, 0.5) is 0 Å². The average molecular weight is 371 g/mol. The topological polar surface area (TPSA) is 65.5 Å². The van der Waals surface area contributed by atoms with Crippen LogP contribution in [0.5, 0.6) is 11.5 Å². The third-order valence-electron chi connectivity index (χ3n) is 4.43. The van der Waals surface area contributed by atoms with Gasteiger partial charge >= 0.3 is 5.97 Å². The molecular weight excluding hydrogens is 354 g/mol. The monoisotopic (exact) mass is 371 g/mol. The van der Waals surface area contributed by atoms with Crippen molar-refractivity contribution in [1.29, 1.82) is 0 Å². The van der Waals surface area contributed by atoms with Gasteiger partial charge in [-0.1, -0.05) is 31.2 Å². The number of Topliss-reactive ketones (excluding diaryl/α,β-unsaturated/α-hetero) is 1. The lowest BCUT2D eigenvalue weighted by Gasteiger charge is -2.05. The number of ether oxygens (including phenoxy) is 2. The van der Waals surface area contributed by atoms with Gasteiger partial charge in [-0.05, 0) is 47.9 Å². The van der Waals surface area contributed by atoms with Crippen molar-refractivity contribution in [3.63, 3.8) is 0 Å². The Morgan fingerprint density at radius 1 is 1.14 bits per heavy atom. The Labute approximate surface area is 162 Å². The van der Waals surface area contributed by atoms with Gasteiger partial charge in [-0.25, -0.2) is 4.79 Å². The maximum Gasteiger partial charge on any atom is 0.345 e. The van der Waals surface area contributed by atoms with Gasteiger partial charge in [0.25, 0.3) is 0 Å². The van der Waals surface area contributed by atoms with Crippen molar-refractivity contribution in [3.05, 3.63) is 95.0 Å². The first-order valence-corrected chi connectivity index (χ1v) is 8.93. The summed E-state index contributed by atoms with van der Waals surface area (Å²) in [5.41, 5.74) is 2.90. The first kappa shape index (κ1) is 17.7. The second-order valence-electron chi connectivity index (χ2n) is 6.32. The lowest BCUT2D eigenvalue weighted by Crippen LogP contribution is -2.08. The summed E-state index contributed by atoms with van der Waals surface area (Å²) >= 11 is 0. The van der Waals surface area contributed by atoms with E-state index in [1.807, 2.05) is 24.3 Å². The molecule has 0 atom stereocenters. The van der Waals surface area contributed by atoms with Crippen LogP contribution in [0.1, 0.15) is 38.8 Å². The second kappa shape index (κ2) is 7.48. The molecule has 1 aliphatic rings. The number of pyridine rings is 1. The molecule has 0 saturated carbocycles. The molecule has 28 heavy (non-hydrogen) atoms. The number of hydrogen-bond donors (Lipinski definition) is 0. The summed E-state index contributed by atoms with van der Waals surface area (Å²) in [5.74, 6) is 0.200. The van der Waals surface area contributed by atoms with E-state index in [-0.39, 0.29) is 11.5 Å². The van der Waals surface area contributed by atoms with Crippen molar-refractivity contribution in [2.45, 2.75) is 13.3 Å². The molecule has 5 nitrogen and oxygen atoms in total. The molecule has 4 rings (SSSR count). The van der Waals surface area contributed by atoms with Crippen molar-refractivity contribution in [2.75, 3.05) is 0 Å². The molecule has 3 aromatic rings. The third-order valence-corrected chi connectivity index (χ3v) is 4.43. The molecule has 0 spiro atoms. The Balaban J connectivity index is 1.54. The fourth-order valence-electron chi connectivity index (χ4n) is 2.88. The molecule has 0 bridgehead atoms. The molecule has 1 aliphatic heterocycles. The quantitative estimate of drug-likeness (QED) is 0.384. The minimum absolute atomic E-state index is 0.195. The Bertz CT molecular complexity index is 1070. The molecule has 2 aromatic carbocycles. The van der Waals surface area contributed by atoms with E-state index in [9.17, 15) is 9.59 Å². The summed E-state index contributed by atoms with van der Waals surface area (Å²) in [6, 6.07) is 15.9. The summed E-state index contributed by atoms with van der Waals surface area (Å²) in [7, 11) is 0. The van der Waals surface area contributed by atoms with E-state index in [0.29, 0.717) is 22.6 Å². The van der Waals surface area contributed by atoms with Gasteiger partial charge in [0.1, 0.15) is 11.5 Å². The van der Waals surface area contributed by atoms with Crippen LogP contribution in [0, 0.1) is 0 Å². The van der Waals surface area contributed by atoms with Crippen molar-refractivity contribution in [2.24, 2.45) is 0 Å². The molecule has 2 heterocycles. The van der Waals surface area contributed by atoms with Crippen LogP contribution in [-0.4, -0.2) is 16.7 Å². The fraction of sp³-hybridized carbons (Fsp3) is 0.0870. The second-order valence-corrected chi connectivity index (χ2v) is 6.32. The van der Waals surface area contributed by atoms with Crippen molar-refractivity contribution in [1.82, 2.24) is 4.98 Å². The summed E-state index contributed by atoms with van der Waals surface area (Å²) in [6.07, 6.45) is 5.68. The Hall–Kier alpha value is -3.73. The average Bonchev–Trinajstić information content (AvgIpc) is 3.04. The smallest absolute Gasteiger partial charge is 0.345 e. The first-order chi connectivity index (χ1) is 13.6. The molecule has 0 saturated heterocycles. The molecule has 0 aliphatic carbocycles. The largest absolute Gasteiger partial charge is 0.452 e. The van der Waals surface area contributed by atoms with Crippen LogP contribution in [0.15, 0.2) is 72.8 Å². The molecule has 0 amide bonds.